The summed E-state index contributed by atoms with van der Waals surface area (Å²) >= 11 is 0. The summed E-state index contributed by atoms with van der Waals surface area (Å²) in [5, 5.41) is 10.6. The van der Waals surface area contributed by atoms with E-state index in [1.807, 2.05) is 6.20 Å². The normalized spacial score (nSPS) is 26.8. The van der Waals surface area contributed by atoms with E-state index in [2.05, 4.69) is 29.4 Å². The summed E-state index contributed by atoms with van der Waals surface area (Å²) in [6.45, 7) is 5.39. The topological polar surface area (TPSA) is 40.7 Å². The van der Waals surface area contributed by atoms with E-state index in [-0.39, 0.29) is 0 Å². The number of nitrogens with zero attached hydrogens (tertiary/aromatic N) is 1. The van der Waals surface area contributed by atoms with Gasteiger partial charge in [0, 0.05) is 23.8 Å². The first-order chi connectivity index (χ1) is 7.25. The van der Waals surface area contributed by atoms with E-state index in [1.54, 1.807) is 0 Å². The van der Waals surface area contributed by atoms with E-state index in [0.29, 0.717) is 6.04 Å². The molecule has 1 saturated carbocycles. The minimum Gasteiger partial charge on any atom is -0.310 e. The van der Waals surface area contributed by atoms with Crippen LogP contribution < -0.4 is 5.32 Å². The van der Waals surface area contributed by atoms with E-state index in [0.717, 1.165) is 12.5 Å². The third-order valence-electron chi connectivity index (χ3n) is 3.45. The van der Waals surface area contributed by atoms with Crippen molar-refractivity contribution in [1.29, 1.82) is 0 Å². The fourth-order valence-corrected chi connectivity index (χ4v) is 2.43. The predicted molar refractivity (Wildman–Crippen MR) is 61.6 cm³/mol. The van der Waals surface area contributed by atoms with E-state index in [9.17, 15) is 0 Å². The van der Waals surface area contributed by atoms with Crippen molar-refractivity contribution in [3.05, 3.63) is 17.5 Å². The van der Waals surface area contributed by atoms with Gasteiger partial charge in [-0.05, 0) is 25.7 Å². The molecule has 2 N–H and O–H groups in total. The molecule has 1 fully saturated rings. The van der Waals surface area contributed by atoms with Crippen LogP contribution in [0.5, 0.6) is 0 Å². The molecule has 3 nitrogen and oxygen atoms in total. The highest BCUT2D eigenvalue weighted by Crippen LogP contribution is 2.23. The molecule has 3 heteroatoms. The van der Waals surface area contributed by atoms with Crippen molar-refractivity contribution in [2.24, 2.45) is 5.92 Å². The summed E-state index contributed by atoms with van der Waals surface area (Å²) in [7, 11) is 0. The first-order valence-electron chi connectivity index (χ1n) is 5.98. The second-order valence-electron chi connectivity index (χ2n) is 4.87. The lowest BCUT2D eigenvalue weighted by molar-refractivity contribution is 0.300. The summed E-state index contributed by atoms with van der Waals surface area (Å²) in [6, 6.07) is 0.711. The number of rotatable bonds is 3. The summed E-state index contributed by atoms with van der Waals surface area (Å²) < 4.78 is 0. The Morgan fingerprint density at radius 1 is 1.53 bits per heavy atom. The number of hydrogen-bond donors (Lipinski definition) is 2. The Balaban J connectivity index is 1.80. The van der Waals surface area contributed by atoms with E-state index < -0.39 is 0 Å². The van der Waals surface area contributed by atoms with E-state index in [4.69, 9.17) is 0 Å². The number of hydrogen-bond acceptors (Lipinski definition) is 2. The second-order valence-corrected chi connectivity index (χ2v) is 4.87. The number of aromatic nitrogens is 2. The van der Waals surface area contributed by atoms with Gasteiger partial charge in [-0.2, -0.15) is 5.10 Å². The summed E-state index contributed by atoms with van der Waals surface area (Å²) in [5.74, 6) is 0.890. The van der Waals surface area contributed by atoms with Gasteiger partial charge in [0.15, 0.2) is 0 Å². The van der Waals surface area contributed by atoms with Crippen molar-refractivity contribution >= 4 is 0 Å². The van der Waals surface area contributed by atoms with Gasteiger partial charge in [0.1, 0.15) is 0 Å². The zero-order valence-corrected chi connectivity index (χ0v) is 9.71. The molecule has 0 amide bonds. The standard InChI is InChI=1S/C12H21N3/c1-9-4-3-5-12(6-9)13-7-11-8-14-15-10(11)2/h8-9,12-13H,3-7H2,1-2H3,(H,14,15). The maximum absolute atomic E-state index is 4.04. The van der Waals surface area contributed by atoms with Gasteiger partial charge in [0.2, 0.25) is 0 Å². The van der Waals surface area contributed by atoms with Gasteiger partial charge in [0.05, 0.1) is 6.20 Å². The van der Waals surface area contributed by atoms with Crippen molar-refractivity contribution in [3.63, 3.8) is 0 Å². The molecule has 0 saturated heterocycles. The fraction of sp³-hybridized carbons (Fsp3) is 0.750. The third kappa shape index (κ3) is 2.81. The molecule has 2 unspecified atom stereocenters. The van der Waals surface area contributed by atoms with Gasteiger partial charge < -0.3 is 5.32 Å². The van der Waals surface area contributed by atoms with Gasteiger partial charge in [-0.1, -0.05) is 19.8 Å². The van der Waals surface area contributed by atoms with Gasteiger partial charge in [-0.25, -0.2) is 0 Å². The van der Waals surface area contributed by atoms with Crippen LogP contribution in [-0.2, 0) is 6.54 Å². The summed E-state index contributed by atoms with van der Waals surface area (Å²) in [5.41, 5.74) is 2.49. The second kappa shape index (κ2) is 4.79. The van der Waals surface area contributed by atoms with Crippen LogP contribution in [0.3, 0.4) is 0 Å². The van der Waals surface area contributed by atoms with Crippen LogP contribution in [0.25, 0.3) is 0 Å². The van der Waals surface area contributed by atoms with Crippen molar-refractivity contribution in [2.75, 3.05) is 0 Å². The fourth-order valence-electron chi connectivity index (χ4n) is 2.43. The monoisotopic (exact) mass is 207 g/mol. The molecule has 0 aromatic carbocycles. The smallest absolute Gasteiger partial charge is 0.0535 e. The summed E-state index contributed by atoms with van der Waals surface area (Å²) in [4.78, 5) is 0. The Morgan fingerprint density at radius 2 is 2.40 bits per heavy atom. The highest BCUT2D eigenvalue weighted by molar-refractivity contribution is 5.13. The molecular weight excluding hydrogens is 186 g/mol. The minimum atomic E-state index is 0.711. The molecule has 0 spiro atoms. The van der Waals surface area contributed by atoms with Crippen LogP contribution in [0.2, 0.25) is 0 Å². The largest absolute Gasteiger partial charge is 0.310 e. The number of aryl methyl sites for hydroxylation is 1. The van der Waals surface area contributed by atoms with Crippen LogP contribution in [0, 0.1) is 12.8 Å². The van der Waals surface area contributed by atoms with E-state index in [1.165, 1.54) is 36.9 Å². The Labute approximate surface area is 91.7 Å². The molecule has 84 valence electrons. The van der Waals surface area contributed by atoms with Crippen molar-refractivity contribution in [2.45, 2.75) is 52.1 Å². The quantitative estimate of drug-likeness (QED) is 0.799. The van der Waals surface area contributed by atoms with E-state index >= 15 is 0 Å². The van der Waals surface area contributed by atoms with Crippen molar-refractivity contribution < 1.29 is 0 Å². The number of H-pyrrole nitrogens is 1. The molecule has 0 aliphatic heterocycles. The Bertz CT molecular complexity index is 306. The molecule has 2 rings (SSSR count). The lowest BCUT2D eigenvalue weighted by Crippen LogP contribution is -2.33. The zero-order valence-electron chi connectivity index (χ0n) is 9.71. The molecule has 1 heterocycles. The molecule has 1 aromatic rings. The van der Waals surface area contributed by atoms with Gasteiger partial charge in [-0.3, -0.25) is 5.10 Å². The molecule has 0 bridgehead atoms. The Kier molecular flexibility index (Phi) is 3.41. The maximum Gasteiger partial charge on any atom is 0.0535 e. The average molecular weight is 207 g/mol. The first kappa shape index (κ1) is 10.7. The predicted octanol–water partition coefficient (Wildman–Crippen LogP) is 2.39. The van der Waals surface area contributed by atoms with Gasteiger partial charge in [-0.15, -0.1) is 0 Å². The summed E-state index contributed by atoms with van der Waals surface area (Å²) in [6.07, 6.45) is 7.37. The van der Waals surface area contributed by atoms with Crippen molar-refractivity contribution in [3.8, 4) is 0 Å². The van der Waals surface area contributed by atoms with Crippen LogP contribution in [0.15, 0.2) is 6.20 Å². The molecule has 2 atom stereocenters. The average Bonchev–Trinajstić information content (AvgIpc) is 2.61. The zero-order chi connectivity index (χ0) is 10.7. The Hall–Kier alpha value is -0.830. The maximum atomic E-state index is 4.04. The van der Waals surface area contributed by atoms with Crippen LogP contribution in [-0.4, -0.2) is 16.2 Å². The molecule has 1 aliphatic rings. The number of nitrogens with one attached hydrogen (secondary N) is 2. The molecule has 15 heavy (non-hydrogen) atoms. The minimum absolute atomic E-state index is 0.711. The van der Waals surface area contributed by atoms with Gasteiger partial charge in [0.25, 0.3) is 0 Å². The highest BCUT2D eigenvalue weighted by atomic mass is 15.1. The first-order valence-corrected chi connectivity index (χ1v) is 5.98. The van der Waals surface area contributed by atoms with Crippen LogP contribution >= 0.6 is 0 Å². The van der Waals surface area contributed by atoms with Crippen LogP contribution in [0.4, 0.5) is 0 Å². The number of aromatic amines is 1. The lowest BCUT2D eigenvalue weighted by Gasteiger charge is -2.27. The third-order valence-corrected chi connectivity index (χ3v) is 3.45. The molecular formula is C12H21N3. The SMILES string of the molecule is Cc1[nH]ncc1CNC1CCCC(C)C1. The highest BCUT2D eigenvalue weighted by Gasteiger charge is 2.18. The molecule has 0 radical (unpaired) electrons. The Morgan fingerprint density at radius 3 is 3.07 bits per heavy atom. The lowest BCUT2D eigenvalue weighted by atomic mass is 9.87. The van der Waals surface area contributed by atoms with Crippen molar-refractivity contribution in [1.82, 2.24) is 15.5 Å². The molecule has 1 aliphatic carbocycles. The van der Waals surface area contributed by atoms with Gasteiger partial charge >= 0.3 is 0 Å². The molecule has 1 aromatic heterocycles. The van der Waals surface area contributed by atoms with Crippen LogP contribution in [0.1, 0.15) is 43.9 Å².